The van der Waals surface area contributed by atoms with E-state index >= 15 is 0 Å². The first-order chi connectivity index (χ1) is 13.1. The third-order valence-corrected chi connectivity index (χ3v) is 4.34. The minimum Gasteiger partial charge on any atom is -0.454 e. The van der Waals surface area contributed by atoms with E-state index in [2.05, 4.69) is 10.6 Å². The molecule has 1 fully saturated rings. The summed E-state index contributed by atoms with van der Waals surface area (Å²) in [6, 6.07) is 12.1. The smallest absolute Gasteiger partial charge is 0.414 e. The second kappa shape index (κ2) is 7.06. The van der Waals surface area contributed by atoms with E-state index < -0.39 is 6.04 Å². The Labute approximate surface area is 156 Å². The molecule has 0 aliphatic carbocycles. The summed E-state index contributed by atoms with van der Waals surface area (Å²) in [4.78, 5) is 25.7. The highest BCUT2D eigenvalue weighted by molar-refractivity contribution is 5.97. The van der Waals surface area contributed by atoms with E-state index in [4.69, 9.17) is 14.2 Å². The highest BCUT2D eigenvalue weighted by Gasteiger charge is 2.24. The Morgan fingerprint density at radius 2 is 1.93 bits per heavy atom. The predicted molar refractivity (Wildman–Crippen MR) is 99.4 cm³/mol. The molecule has 2 aromatic carbocycles. The van der Waals surface area contributed by atoms with Crippen LogP contribution in [0.1, 0.15) is 6.92 Å². The van der Waals surface area contributed by atoms with Gasteiger partial charge in [-0.2, -0.15) is 0 Å². The number of hydrogen-bond donors (Lipinski definition) is 2. The maximum absolute atomic E-state index is 12.5. The molecule has 2 aliphatic rings. The summed E-state index contributed by atoms with van der Waals surface area (Å²) in [7, 11) is 0. The lowest BCUT2D eigenvalue weighted by Crippen LogP contribution is -2.32. The van der Waals surface area contributed by atoms with Crippen LogP contribution in [0.2, 0.25) is 0 Å². The maximum atomic E-state index is 12.5. The number of nitrogens with zero attached hydrogens (tertiary/aromatic N) is 1. The Kier molecular flexibility index (Phi) is 4.45. The van der Waals surface area contributed by atoms with Gasteiger partial charge in [-0.3, -0.25) is 9.69 Å². The average molecular weight is 369 g/mol. The zero-order valence-corrected chi connectivity index (χ0v) is 14.7. The predicted octanol–water partition coefficient (Wildman–Crippen LogP) is 2.81. The van der Waals surface area contributed by atoms with Crippen molar-refractivity contribution < 1.29 is 23.8 Å². The Morgan fingerprint density at radius 1 is 1.07 bits per heavy atom. The number of rotatable bonds is 5. The molecule has 2 aliphatic heterocycles. The van der Waals surface area contributed by atoms with E-state index in [0.29, 0.717) is 30.3 Å². The van der Waals surface area contributed by atoms with Crippen LogP contribution in [0.5, 0.6) is 11.5 Å². The fraction of sp³-hybridized carbons (Fsp3) is 0.263. The van der Waals surface area contributed by atoms with Gasteiger partial charge in [0.05, 0.1) is 6.54 Å². The molecule has 8 heteroatoms. The quantitative estimate of drug-likeness (QED) is 0.842. The molecule has 0 bridgehead atoms. The Balaban J connectivity index is 1.40. The molecule has 0 radical (unpaired) electrons. The van der Waals surface area contributed by atoms with Gasteiger partial charge in [0.1, 0.15) is 12.6 Å². The van der Waals surface area contributed by atoms with E-state index in [-0.39, 0.29) is 18.8 Å². The zero-order chi connectivity index (χ0) is 18.8. The summed E-state index contributed by atoms with van der Waals surface area (Å²) < 4.78 is 15.5. The lowest BCUT2D eigenvalue weighted by molar-refractivity contribution is -0.116. The maximum Gasteiger partial charge on any atom is 0.414 e. The van der Waals surface area contributed by atoms with Crippen molar-refractivity contribution in [3.63, 3.8) is 0 Å². The second-order valence-electron chi connectivity index (χ2n) is 6.24. The number of nitrogens with one attached hydrogen (secondary N) is 2. The molecule has 27 heavy (non-hydrogen) atoms. The standard InChI is InChI=1S/C19H19N3O5/c1-12(18(23)21-14-5-6-16-17(10-14)27-11-26-16)20-13-3-2-4-15(9-13)22-7-8-25-19(22)24/h2-6,9-10,12,20H,7-8,11H2,1H3,(H,21,23)/t12-/m1/s1. The van der Waals surface area contributed by atoms with Gasteiger partial charge in [-0.1, -0.05) is 6.07 Å². The van der Waals surface area contributed by atoms with E-state index in [0.717, 1.165) is 11.4 Å². The van der Waals surface area contributed by atoms with E-state index in [9.17, 15) is 9.59 Å². The van der Waals surface area contributed by atoms with Gasteiger partial charge in [0.2, 0.25) is 12.7 Å². The number of ether oxygens (including phenoxy) is 3. The Morgan fingerprint density at radius 3 is 2.74 bits per heavy atom. The first-order valence-corrected chi connectivity index (χ1v) is 8.61. The van der Waals surface area contributed by atoms with Crippen molar-refractivity contribution in [2.24, 2.45) is 0 Å². The fourth-order valence-corrected chi connectivity index (χ4v) is 2.93. The van der Waals surface area contributed by atoms with Crippen LogP contribution in [0.4, 0.5) is 21.9 Å². The number of benzene rings is 2. The zero-order valence-electron chi connectivity index (χ0n) is 14.7. The second-order valence-corrected chi connectivity index (χ2v) is 6.24. The van der Waals surface area contributed by atoms with Gasteiger partial charge >= 0.3 is 6.09 Å². The molecule has 2 aromatic rings. The lowest BCUT2D eigenvalue weighted by Gasteiger charge is -2.18. The summed E-state index contributed by atoms with van der Waals surface area (Å²) in [5.41, 5.74) is 2.10. The minimum atomic E-state index is -0.490. The van der Waals surface area contributed by atoms with Crippen molar-refractivity contribution in [2.45, 2.75) is 13.0 Å². The number of anilines is 3. The molecule has 2 N–H and O–H groups in total. The van der Waals surface area contributed by atoms with Crippen LogP contribution in [-0.2, 0) is 9.53 Å². The largest absolute Gasteiger partial charge is 0.454 e. The van der Waals surface area contributed by atoms with Crippen LogP contribution in [0.25, 0.3) is 0 Å². The Bertz CT molecular complexity index is 885. The summed E-state index contributed by atoms with van der Waals surface area (Å²) in [6.07, 6.45) is -0.360. The van der Waals surface area contributed by atoms with Gasteiger partial charge in [0.25, 0.3) is 0 Å². The molecule has 8 nitrogen and oxygen atoms in total. The number of fused-ring (bicyclic) bond motifs is 1. The third-order valence-electron chi connectivity index (χ3n) is 4.34. The van der Waals surface area contributed by atoms with Crippen molar-refractivity contribution in [1.82, 2.24) is 0 Å². The lowest BCUT2D eigenvalue weighted by atomic mass is 10.2. The van der Waals surface area contributed by atoms with Crippen molar-refractivity contribution in [2.75, 3.05) is 35.5 Å². The molecule has 0 unspecified atom stereocenters. The van der Waals surface area contributed by atoms with Crippen LogP contribution in [0, 0.1) is 0 Å². The first-order valence-electron chi connectivity index (χ1n) is 8.61. The van der Waals surface area contributed by atoms with Gasteiger partial charge < -0.3 is 24.8 Å². The van der Waals surface area contributed by atoms with Crippen LogP contribution in [-0.4, -0.2) is 38.0 Å². The molecule has 0 saturated carbocycles. The topological polar surface area (TPSA) is 89.1 Å². The van der Waals surface area contributed by atoms with E-state index in [1.54, 1.807) is 30.0 Å². The minimum absolute atomic E-state index is 0.186. The molecule has 4 rings (SSSR count). The molecule has 1 saturated heterocycles. The molecule has 1 atom stereocenters. The van der Waals surface area contributed by atoms with Gasteiger partial charge in [0.15, 0.2) is 11.5 Å². The molecule has 140 valence electrons. The normalized spacial score (nSPS) is 16.0. The number of carbonyl (C=O) groups is 2. The van der Waals surface area contributed by atoms with Gasteiger partial charge in [-0.15, -0.1) is 0 Å². The van der Waals surface area contributed by atoms with Crippen LogP contribution >= 0.6 is 0 Å². The molecular weight excluding hydrogens is 350 g/mol. The average Bonchev–Trinajstić information content (AvgIpc) is 3.30. The van der Waals surface area contributed by atoms with Gasteiger partial charge in [-0.25, -0.2) is 4.79 Å². The summed E-state index contributed by atoms with van der Waals surface area (Å²) >= 11 is 0. The van der Waals surface area contributed by atoms with E-state index in [1.165, 1.54) is 0 Å². The Hall–Kier alpha value is -3.42. The number of amides is 2. The molecule has 2 amide bonds. The summed E-state index contributed by atoms with van der Waals surface area (Å²) in [5.74, 6) is 1.08. The monoisotopic (exact) mass is 369 g/mol. The third kappa shape index (κ3) is 3.59. The van der Waals surface area contributed by atoms with Gasteiger partial charge in [0, 0.05) is 23.1 Å². The molecule has 0 aromatic heterocycles. The van der Waals surface area contributed by atoms with Crippen LogP contribution in [0.15, 0.2) is 42.5 Å². The highest BCUT2D eigenvalue weighted by Crippen LogP contribution is 2.34. The van der Waals surface area contributed by atoms with Gasteiger partial charge in [-0.05, 0) is 37.3 Å². The number of hydrogen-bond acceptors (Lipinski definition) is 6. The van der Waals surface area contributed by atoms with Crippen molar-refractivity contribution in [1.29, 1.82) is 0 Å². The summed E-state index contributed by atoms with van der Waals surface area (Å²) in [5, 5.41) is 5.99. The van der Waals surface area contributed by atoms with E-state index in [1.807, 2.05) is 24.3 Å². The van der Waals surface area contributed by atoms with Crippen molar-refractivity contribution in [3.05, 3.63) is 42.5 Å². The van der Waals surface area contributed by atoms with Crippen LogP contribution < -0.4 is 25.0 Å². The highest BCUT2D eigenvalue weighted by atomic mass is 16.7. The van der Waals surface area contributed by atoms with Crippen LogP contribution in [0.3, 0.4) is 0 Å². The molecular formula is C19H19N3O5. The summed E-state index contributed by atoms with van der Waals surface area (Å²) in [6.45, 7) is 2.85. The van der Waals surface area contributed by atoms with Crippen molar-refractivity contribution in [3.8, 4) is 11.5 Å². The molecule has 0 spiro atoms. The number of cyclic esters (lactones) is 1. The fourth-order valence-electron chi connectivity index (χ4n) is 2.93. The first kappa shape index (κ1) is 17.0. The molecule has 2 heterocycles. The van der Waals surface area contributed by atoms with Crippen molar-refractivity contribution >= 4 is 29.1 Å². The SMILES string of the molecule is C[C@@H](Nc1cccc(N2CCOC2=O)c1)C(=O)Nc1ccc2c(c1)OCO2. The number of carbonyl (C=O) groups excluding carboxylic acids is 2.